The van der Waals surface area contributed by atoms with E-state index in [1.54, 1.807) is 0 Å². The van der Waals surface area contributed by atoms with Crippen molar-refractivity contribution in [1.82, 2.24) is 0 Å². The second-order valence-electron chi connectivity index (χ2n) is 30.6. The molecule has 5 aliphatic rings. The summed E-state index contributed by atoms with van der Waals surface area (Å²) in [5, 5.41) is 0. The summed E-state index contributed by atoms with van der Waals surface area (Å²) in [5.41, 5.74) is 30.3. The first-order valence-corrected chi connectivity index (χ1v) is 31.5. The van der Waals surface area contributed by atoms with Crippen molar-refractivity contribution >= 4 is 57.2 Å². The normalized spacial score (nSPS) is 19.2. The number of benzene rings is 9. The summed E-state index contributed by atoms with van der Waals surface area (Å²) in [6.45, 7) is 34.7. The molecule has 1 unspecified atom stereocenters. The minimum absolute atomic E-state index is 0.00101. The van der Waals surface area contributed by atoms with Gasteiger partial charge in [0.05, 0.1) is 5.69 Å². The largest absolute Gasteiger partial charge is 0.311 e. The van der Waals surface area contributed by atoms with Crippen molar-refractivity contribution in [3.8, 4) is 11.1 Å². The first-order valence-electron chi connectivity index (χ1n) is 31.5. The molecular weight excluding hydrogens is 1010 g/mol. The van der Waals surface area contributed by atoms with Crippen LogP contribution in [0.15, 0.2) is 194 Å². The van der Waals surface area contributed by atoms with E-state index in [9.17, 15) is 0 Å². The van der Waals surface area contributed by atoms with E-state index in [1.807, 2.05) is 0 Å². The fraction of sp³-hybridized carbons (Fsp3) is 0.333. The third-order valence-electron chi connectivity index (χ3n) is 21.4. The zero-order chi connectivity index (χ0) is 58.7. The van der Waals surface area contributed by atoms with Gasteiger partial charge in [0.1, 0.15) is 0 Å². The topological polar surface area (TPSA) is 6.48 Å². The predicted molar refractivity (Wildman–Crippen MR) is 360 cm³/mol. The lowest BCUT2D eigenvalue weighted by molar-refractivity contribution is 0.402. The number of fused-ring (bicyclic) bond motifs is 7. The molecule has 3 aliphatic carbocycles. The Kier molecular flexibility index (Phi) is 12.2. The van der Waals surface area contributed by atoms with Crippen molar-refractivity contribution in [2.45, 2.75) is 173 Å². The van der Waals surface area contributed by atoms with Crippen molar-refractivity contribution in [2.75, 3.05) is 9.80 Å². The molecule has 0 bridgehead atoms. The second kappa shape index (κ2) is 18.8. The van der Waals surface area contributed by atoms with Crippen LogP contribution in [0.1, 0.15) is 190 Å². The van der Waals surface area contributed by atoms with Crippen LogP contribution in [-0.4, -0.2) is 6.71 Å². The summed E-state index contributed by atoms with van der Waals surface area (Å²) >= 11 is 0. The molecule has 422 valence electrons. The van der Waals surface area contributed by atoms with E-state index in [2.05, 4.69) is 301 Å². The first-order chi connectivity index (χ1) is 39.8. The van der Waals surface area contributed by atoms with Crippen LogP contribution in [0.5, 0.6) is 0 Å². The van der Waals surface area contributed by atoms with E-state index in [0.717, 1.165) is 37.1 Å². The zero-order valence-electron chi connectivity index (χ0n) is 52.6. The third kappa shape index (κ3) is 8.55. The number of nitrogens with zero attached hydrogens (tertiary/aromatic N) is 2. The molecule has 0 radical (unpaired) electrons. The van der Waals surface area contributed by atoms with Gasteiger partial charge in [-0.2, -0.15) is 0 Å². The number of anilines is 6. The second-order valence-corrected chi connectivity index (χ2v) is 30.6. The van der Waals surface area contributed by atoms with Gasteiger partial charge in [-0.3, -0.25) is 0 Å². The van der Waals surface area contributed by atoms with Gasteiger partial charge in [-0.25, -0.2) is 0 Å². The van der Waals surface area contributed by atoms with Crippen LogP contribution < -0.4 is 26.2 Å². The van der Waals surface area contributed by atoms with Gasteiger partial charge in [0, 0.05) is 45.3 Å². The molecule has 0 fully saturated rings. The lowest BCUT2D eigenvalue weighted by Gasteiger charge is -2.45. The molecule has 0 saturated carbocycles. The number of hydrogen-bond acceptors (Lipinski definition) is 2. The SMILES string of the molecule is CC1(C)CC(C)(C)c2cc(CCC3c4cc5c(cc4B4c6cc7c(cc6N(c6ccc(C(C)(C)c8ccccc8)cc6-c6ccccc6)c6cc(N(c8ccccc8)c8ccccc8)cc3c64)C(C)(C)CC7(C)C)C(C)(C)CC5(C)C)ccc21. The van der Waals surface area contributed by atoms with Crippen molar-refractivity contribution in [3.63, 3.8) is 0 Å². The van der Waals surface area contributed by atoms with Crippen LogP contribution in [0, 0.1) is 0 Å². The van der Waals surface area contributed by atoms with Gasteiger partial charge in [-0.1, -0.05) is 242 Å². The third-order valence-corrected chi connectivity index (χ3v) is 21.4. The summed E-state index contributed by atoms with van der Waals surface area (Å²) in [7, 11) is 0. The van der Waals surface area contributed by atoms with E-state index in [-0.39, 0.29) is 50.5 Å². The molecule has 0 amide bonds. The first kappa shape index (κ1) is 54.6. The Labute approximate surface area is 503 Å². The van der Waals surface area contributed by atoms with Gasteiger partial charge < -0.3 is 9.80 Å². The Morgan fingerprint density at radius 3 is 1.50 bits per heavy atom. The summed E-state index contributed by atoms with van der Waals surface area (Å²) in [5.74, 6) is 0.122. The summed E-state index contributed by atoms with van der Waals surface area (Å²) in [6.07, 6.45) is 5.37. The van der Waals surface area contributed by atoms with E-state index < -0.39 is 0 Å². The van der Waals surface area contributed by atoms with Gasteiger partial charge in [-0.05, 0) is 197 Å². The molecule has 2 nitrogen and oxygen atoms in total. The Bertz CT molecular complexity index is 4040. The predicted octanol–water partition coefficient (Wildman–Crippen LogP) is 19.4. The lowest BCUT2D eigenvalue weighted by Crippen LogP contribution is -2.62. The maximum absolute atomic E-state index is 2.76. The standard InChI is InChI=1S/C81H85BN2/c1-75(2)49-76(3,4)64-41-52(36-39-63(64)75)35-38-59-61-45-65-66(78(7,8)50-77(65,5)6)46-69(61)82-70-47-67-68(80(11,12)51-79(67,9)10)48-72(70)84(71-40-37-55(42-60(71)53-27-19-15-20-28-53)81(13,14)54-29-21-16-22-30-54)73-44-58(43-62(59)74(73)82)83(56-31-23-17-24-32-56)57-33-25-18-26-34-57/h15-34,36-37,39-48,59H,35,38,49-51H2,1-14H3. The average molecular weight is 1100 g/mol. The molecule has 9 aromatic carbocycles. The quantitative estimate of drug-likeness (QED) is 0.126. The van der Waals surface area contributed by atoms with Gasteiger partial charge in [0.25, 0.3) is 0 Å². The Morgan fingerprint density at radius 2 is 0.917 bits per heavy atom. The highest BCUT2D eigenvalue weighted by atomic mass is 15.2. The molecule has 2 aliphatic heterocycles. The summed E-state index contributed by atoms with van der Waals surface area (Å²) < 4.78 is 0. The smallest absolute Gasteiger partial charge is 0.247 e. The number of aryl methyl sites for hydroxylation is 1. The highest BCUT2D eigenvalue weighted by Gasteiger charge is 2.51. The highest BCUT2D eigenvalue weighted by molar-refractivity contribution is 6.99. The maximum Gasteiger partial charge on any atom is 0.247 e. The van der Waals surface area contributed by atoms with Crippen LogP contribution in [0.2, 0.25) is 0 Å². The summed E-state index contributed by atoms with van der Waals surface area (Å²) in [6, 6.07) is 75.8. The number of para-hydroxylation sites is 2. The van der Waals surface area contributed by atoms with Gasteiger partial charge in [0.15, 0.2) is 0 Å². The van der Waals surface area contributed by atoms with Crippen LogP contribution in [-0.2, 0) is 44.3 Å². The van der Waals surface area contributed by atoms with E-state index in [1.165, 1.54) is 118 Å². The molecule has 14 rings (SSSR count). The molecule has 9 aromatic rings. The van der Waals surface area contributed by atoms with Crippen LogP contribution in [0.3, 0.4) is 0 Å². The number of hydrogen-bond donors (Lipinski definition) is 0. The number of rotatable bonds is 10. The van der Waals surface area contributed by atoms with Crippen LogP contribution >= 0.6 is 0 Å². The van der Waals surface area contributed by atoms with E-state index in [4.69, 9.17) is 0 Å². The van der Waals surface area contributed by atoms with Crippen molar-refractivity contribution in [2.24, 2.45) is 0 Å². The monoisotopic (exact) mass is 1100 g/mol. The molecule has 2 heterocycles. The minimum atomic E-state index is -0.250. The molecule has 0 aromatic heterocycles. The van der Waals surface area contributed by atoms with Crippen molar-refractivity contribution < 1.29 is 0 Å². The highest BCUT2D eigenvalue weighted by Crippen LogP contribution is 2.57. The molecule has 3 heteroatoms. The van der Waals surface area contributed by atoms with Crippen LogP contribution in [0.4, 0.5) is 34.1 Å². The molecule has 84 heavy (non-hydrogen) atoms. The van der Waals surface area contributed by atoms with Crippen molar-refractivity contribution in [3.05, 3.63) is 255 Å². The van der Waals surface area contributed by atoms with E-state index >= 15 is 0 Å². The van der Waals surface area contributed by atoms with Gasteiger partial charge in [0.2, 0.25) is 6.71 Å². The fourth-order valence-corrected chi connectivity index (χ4v) is 18.0. The molecule has 0 spiro atoms. The molecule has 1 atom stereocenters. The maximum atomic E-state index is 2.76. The van der Waals surface area contributed by atoms with Crippen molar-refractivity contribution in [1.29, 1.82) is 0 Å². The Morgan fingerprint density at radius 1 is 0.417 bits per heavy atom. The Hall–Kier alpha value is -7.36. The minimum Gasteiger partial charge on any atom is -0.311 e. The molecule has 0 N–H and O–H groups in total. The van der Waals surface area contributed by atoms with E-state index in [0.29, 0.717) is 0 Å². The summed E-state index contributed by atoms with van der Waals surface area (Å²) in [4.78, 5) is 5.29. The fourth-order valence-electron chi connectivity index (χ4n) is 18.0. The van der Waals surface area contributed by atoms with Gasteiger partial charge >= 0.3 is 0 Å². The lowest BCUT2D eigenvalue weighted by atomic mass is 9.30. The average Bonchev–Trinajstić information content (AvgIpc) is 1.00. The molecular formula is C81H85BN2. The van der Waals surface area contributed by atoms with Gasteiger partial charge in [-0.15, -0.1) is 0 Å². The molecule has 0 saturated heterocycles. The Balaban J connectivity index is 1.10. The zero-order valence-corrected chi connectivity index (χ0v) is 52.6. The van der Waals surface area contributed by atoms with Crippen LogP contribution in [0.25, 0.3) is 11.1 Å².